The fraction of sp³-hybridized carbons (Fsp3) is 0.320. The summed E-state index contributed by atoms with van der Waals surface area (Å²) in [6.45, 7) is 3.09. The number of carbonyl (C=O) groups excluding carboxylic acids is 2. The first-order chi connectivity index (χ1) is 16.0. The van der Waals surface area contributed by atoms with Crippen molar-refractivity contribution in [3.63, 3.8) is 0 Å². The van der Waals surface area contributed by atoms with Gasteiger partial charge in [-0.05, 0) is 69.1 Å². The zero-order valence-corrected chi connectivity index (χ0v) is 18.6. The maximum Gasteiger partial charge on any atom is 0.265 e. The highest BCUT2D eigenvalue weighted by Gasteiger charge is 2.39. The monoisotopic (exact) mass is 448 g/mol. The van der Waals surface area contributed by atoms with Crippen LogP contribution in [0, 0.1) is 6.92 Å². The Morgan fingerprint density at radius 2 is 1.94 bits per heavy atom. The van der Waals surface area contributed by atoms with Crippen LogP contribution in [0.2, 0.25) is 0 Å². The van der Waals surface area contributed by atoms with Crippen LogP contribution in [-0.4, -0.2) is 40.6 Å². The first-order valence-corrected chi connectivity index (χ1v) is 11.1. The predicted octanol–water partition coefficient (Wildman–Crippen LogP) is 2.87. The number of hydrogen-bond donors (Lipinski definition) is 4. The summed E-state index contributed by atoms with van der Waals surface area (Å²) in [6.07, 6.45) is 2.33. The van der Waals surface area contributed by atoms with Crippen molar-refractivity contribution in [3.05, 3.63) is 71.4 Å². The van der Waals surface area contributed by atoms with Crippen molar-refractivity contribution in [2.24, 2.45) is 0 Å². The van der Waals surface area contributed by atoms with Gasteiger partial charge in [0.25, 0.3) is 11.8 Å². The lowest BCUT2D eigenvalue weighted by Crippen LogP contribution is -2.63. The largest absolute Gasteiger partial charge is 0.489 e. The highest BCUT2D eigenvalue weighted by molar-refractivity contribution is 5.95. The second-order valence-electron chi connectivity index (χ2n) is 8.34. The average Bonchev–Trinajstić information content (AvgIpc) is 2.86. The topological polar surface area (TPSA) is 113 Å². The summed E-state index contributed by atoms with van der Waals surface area (Å²) in [5, 5.41) is 16.1. The van der Waals surface area contributed by atoms with E-state index in [-0.39, 0.29) is 12.5 Å². The fourth-order valence-electron chi connectivity index (χ4n) is 4.21. The van der Waals surface area contributed by atoms with Gasteiger partial charge >= 0.3 is 0 Å². The number of piperidine rings is 1. The number of nitrogens with zero attached hydrogens (tertiary/aromatic N) is 1. The van der Waals surface area contributed by atoms with Crippen molar-refractivity contribution in [3.8, 4) is 5.75 Å². The number of para-hydroxylation sites is 1. The average molecular weight is 449 g/mol. The maximum atomic E-state index is 12.6. The number of pyridine rings is 1. The van der Waals surface area contributed by atoms with E-state index in [2.05, 4.69) is 15.6 Å². The van der Waals surface area contributed by atoms with E-state index >= 15 is 0 Å². The molecule has 1 aliphatic heterocycles. The maximum absolute atomic E-state index is 12.6. The molecule has 0 bridgehead atoms. The summed E-state index contributed by atoms with van der Waals surface area (Å²) >= 11 is 0. The van der Waals surface area contributed by atoms with Gasteiger partial charge < -0.3 is 15.4 Å². The first-order valence-electron chi connectivity index (χ1n) is 11.1. The molecule has 0 spiro atoms. The third-order valence-corrected chi connectivity index (χ3v) is 6.02. The third kappa shape index (κ3) is 5.13. The number of amides is 2. The second kappa shape index (κ2) is 9.97. The Kier molecular flexibility index (Phi) is 6.86. The van der Waals surface area contributed by atoms with E-state index in [9.17, 15) is 9.59 Å². The van der Waals surface area contributed by atoms with Gasteiger partial charge in [-0.15, -0.1) is 0 Å². The summed E-state index contributed by atoms with van der Waals surface area (Å²) in [5.41, 5.74) is 4.09. The fourth-order valence-corrected chi connectivity index (χ4v) is 4.21. The molecule has 172 valence electrons. The van der Waals surface area contributed by atoms with Crippen molar-refractivity contribution in [1.29, 1.82) is 0 Å². The minimum Gasteiger partial charge on any atom is -0.489 e. The van der Waals surface area contributed by atoms with Crippen LogP contribution in [0.5, 0.6) is 5.75 Å². The Hall–Kier alpha value is -3.49. The van der Waals surface area contributed by atoms with Gasteiger partial charge in [-0.1, -0.05) is 18.2 Å². The first kappa shape index (κ1) is 22.7. The number of aryl methyl sites for hydroxylation is 1. The van der Waals surface area contributed by atoms with Crippen LogP contribution in [-0.2, 0) is 11.4 Å². The molecule has 33 heavy (non-hydrogen) atoms. The van der Waals surface area contributed by atoms with E-state index in [0.717, 1.165) is 35.0 Å². The van der Waals surface area contributed by atoms with Gasteiger partial charge in [-0.25, -0.2) is 5.48 Å². The van der Waals surface area contributed by atoms with E-state index in [0.29, 0.717) is 30.9 Å². The van der Waals surface area contributed by atoms with E-state index in [1.807, 2.05) is 37.3 Å². The molecule has 1 atom stereocenters. The van der Waals surface area contributed by atoms with Crippen LogP contribution < -0.4 is 20.9 Å². The molecule has 1 saturated heterocycles. The molecule has 3 aromatic rings. The van der Waals surface area contributed by atoms with Crippen LogP contribution >= 0.6 is 0 Å². The molecule has 1 aromatic heterocycles. The molecule has 4 N–H and O–H groups in total. The second-order valence-corrected chi connectivity index (χ2v) is 8.34. The number of aromatic nitrogens is 1. The number of hydrogen-bond acceptors (Lipinski definition) is 6. The molecule has 0 radical (unpaired) electrons. The van der Waals surface area contributed by atoms with Crippen molar-refractivity contribution >= 4 is 22.7 Å². The molecular formula is C25H28N4O4. The normalized spacial score (nSPS) is 18.0. The molecule has 2 aromatic carbocycles. The number of hydroxylamine groups is 1. The van der Waals surface area contributed by atoms with Crippen LogP contribution in [0.4, 0.5) is 0 Å². The van der Waals surface area contributed by atoms with Crippen LogP contribution in [0.25, 0.3) is 10.9 Å². The SMILES string of the molecule is Cc1cc(COc2ccc(C(=O)NCC3(C(=O)NO)CCCCN3)cc2)c2ccccc2n1. The van der Waals surface area contributed by atoms with Gasteiger partial charge in [0.15, 0.2) is 0 Å². The summed E-state index contributed by atoms with van der Waals surface area (Å²) in [4.78, 5) is 29.4. The van der Waals surface area contributed by atoms with E-state index < -0.39 is 11.4 Å². The molecule has 1 unspecified atom stereocenters. The van der Waals surface area contributed by atoms with Crippen molar-refractivity contribution < 1.29 is 19.5 Å². The van der Waals surface area contributed by atoms with Crippen LogP contribution in [0.1, 0.15) is 40.9 Å². The standard InChI is InChI=1S/C25H28N4O4/c1-17-14-19(21-6-2-3-7-22(21)28-17)15-33-20-10-8-18(9-11-20)23(30)26-16-25(24(31)29-32)12-4-5-13-27-25/h2-3,6-11,14,27,32H,4-5,12-13,15-16H2,1H3,(H,26,30)(H,29,31). The number of carbonyl (C=O) groups is 2. The Bertz CT molecular complexity index is 1140. The Labute approximate surface area is 192 Å². The summed E-state index contributed by atoms with van der Waals surface area (Å²) in [6, 6.07) is 16.8. The van der Waals surface area contributed by atoms with Crippen molar-refractivity contribution in [1.82, 2.24) is 21.1 Å². The zero-order chi connectivity index (χ0) is 23.3. The minimum absolute atomic E-state index is 0.0882. The Morgan fingerprint density at radius 1 is 1.15 bits per heavy atom. The van der Waals surface area contributed by atoms with E-state index in [4.69, 9.17) is 9.94 Å². The highest BCUT2D eigenvalue weighted by atomic mass is 16.5. The van der Waals surface area contributed by atoms with Gasteiger partial charge in [0.2, 0.25) is 0 Å². The lowest BCUT2D eigenvalue weighted by atomic mass is 9.88. The van der Waals surface area contributed by atoms with Gasteiger partial charge in [0.1, 0.15) is 17.9 Å². The van der Waals surface area contributed by atoms with Gasteiger partial charge in [0, 0.05) is 28.8 Å². The zero-order valence-electron chi connectivity index (χ0n) is 18.6. The molecule has 4 rings (SSSR count). The number of nitrogens with one attached hydrogen (secondary N) is 3. The van der Waals surface area contributed by atoms with Gasteiger partial charge in [-0.3, -0.25) is 19.8 Å². The van der Waals surface area contributed by atoms with Gasteiger partial charge in [0.05, 0.1) is 5.52 Å². The molecule has 1 fully saturated rings. The molecule has 8 nitrogen and oxygen atoms in total. The lowest BCUT2D eigenvalue weighted by Gasteiger charge is -2.36. The van der Waals surface area contributed by atoms with Gasteiger partial charge in [-0.2, -0.15) is 0 Å². The Morgan fingerprint density at radius 3 is 2.67 bits per heavy atom. The number of ether oxygens (including phenoxy) is 1. The predicted molar refractivity (Wildman–Crippen MR) is 124 cm³/mol. The minimum atomic E-state index is -1.00. The van der Waals surface area contributed by atoms with E-state index in [1.165, 1.54) is 0 Å². The molecule has 0 saturated carbocycles. The summed E-state index contributed by atoms with van der Waals surface area (Å²) < 4.78 is 5.96. The van der Waals surface area contributed by atoms with Crippen molar-refractivity contribution in [2.45, 2.75) is 38.3 Å². The molecule has 0 aliphatic carbocycles. The Balaban J connectivity index is 1.38. The van der Waals surface area contributed by atoms with Crippen LogP contribution in [0.3, 0.4) is 0 Å². The molecule has 8 heteroatoms. The summed E-state index contributed by atoms with van der Waals surface area (Å²) in [7, 11) is 0. The highest BCUT2D eigenvalue weighted by Crippen LogP contribution is 2.22. The van der Waals surface area contributed by atoms with Crippen molar-refractivity contribution in [2.75, 3.05) is 13.1 Å². The number of rotatable bonds is 7. The molecular weight excluding hydrogens is 420 g/mol. The quantitative estimate of drug-likeness (QED) is 0.327. The number of benzene rings is 2. The molecule has 2 heterocycles. The van der Waals surface area contributed by atoms with Crippen LogP contribution in [0.15, 0.2) is 54.6 Å². The molecule has 2 amide bonds. The number of fused-ring (bicyclic) bond motifs is 1. The summed E-state index contributed by atoms with van der Waals surface area (Å²) in [5.74, 6) is -0.185. The smallest absolute Gasteiger partial charge is 0.265 e. The molecule has 1 aliphatic rings. The van der Waals surface area contributed by atoms with E-state index in [1.54, 1.807) is 29.7 Å². The third-order valence-electron chi connectivity index (χ3n) is 6.02. The lowest BCUT2D eigenvalue weighted by molar-refractivity contribution is -0.137.